The zero-order chi connectivity index (χ0) is 24.9. The fourth-order valence-electron chi connectivity index (χ4n) is 3.71. The van der Waals surface area contributed by atoms with Crippen molar-refractivity contribution in [3.63, 3.8) is 0 Å². The number of rotatable bonds is 6. The van der Waals surface area contributed by atoms with Crippen molar-refractivity contribution in [3.8, 4) is 17.7 Å². The van der Waals surface area contributed by atoms with E-state index < -0.39 is 5.60 Å². The van der Waals surface area contributed by atoms with Gasteiger partial charge in [0.25, 0.3) is 5.91 Å². The molecule has 182 valence electrons. The molecule has 34 heavy (non-hydrogen) atoms. The van der Waals surface area contributed by atoms with Crippen molar-refractivity contribution in [2.75, 3.05) is 26.7 Å². The van der Waals surface area contributed by atoms with E-state index >= 15 is 0 Å². The molecule has 3 heterocycles. The van der Waals surface area contributed by atoms with Crippen molar-refractivity contribution in [1.29, 1.82) is 0 Å². The molecule has 0 aliphatic carbocycles. The second-order valence-corrected chi connectivity index (χ2v) is 9.45. The fraction of sp³-hybridized carbons (Fsp3) is 0.520. The maximum atomic E-state index is 13.4. The van der Waals surface area contributed by atoms with E-state index in [9.17, 15) is 15.0 Å². The van der Waals surface area contributed by atoms with E-state index in [4.69, 9.17) is 4.74 Å². The molecular weight excluding hydrogens is 434 g/mol. The van der Waals surface area contributed by atoms with Gasteiger partial charge in [-0.1, -0.05) is 18.8 Å². The number of hydrogen-bond acceptors (Lipinski definition) is 8. The van der Waals surface area contributed by atoms with Crippen molar-refractivity contribution in [2.24, 2.45) is 5.92 Å². The number of pyridine rings is 1. The third kappa shape index (κ3) is 6.73. The summed E-state index contributed by atoms with van der Waals surface area (Å²) in [6.07, 6.45) is 6.35. The zero-order valence-corrected chi connectivity index (χ0v) is 20.4. The highest BCUT2D eigenvalue weighted by atomic mass is 16.5. The molecule has 0 fully saturated rings. The van der Waals surface area contributed by atoms with E-state index in [1.54, 1.807) is 43.4 Å². The van der Waals surface area contributed by atoms with Crippen LogP contribution in [0.2, 0.25) is 0 Å². The third-order valence-corrected chi connectivity index (χ3v) is 5.59. The van der Waals surface area contributed by atoms with Crippen molar-refractivity contribution >= 4 is 5.91 Å². The van der Waals surface area contributed by atoms with Gasteiger partial charge >= 0.3 is 0 Å². The molecule has 0 aromatic carbocycles. The average Bonchev–Trinajstić information content (AvgIpc) is 2.79. The van der Waals surface area contributed by atoms with Gasteiger partial charge in [0.15, 0.2) is 0 Å². The van der Waals surface area contributed by atoms with Crippen LogP contribution in [0.3, 0.4) is 0 Å². The molecule has 0 radical (unpaired) electrons. The van der Waals surface area contributed by atoms with E-state index in [1.807, 2.05) is 20.9 Å². The maximum absolute atomic E-state index is 13.4. The van der Waals surface area contributed by atoms with Gasteiger partial charge in [0.2, 0.25) is 5.88 Å². The molecule has 0 saturated heterocycles. The molecule has 2 aromatic rings. The van der Waals surface area contributed by atoms with Gasteiger partial charge in [0.1, 0.15) is 23.6 Å². The van der Waals surface area contributed by atoms with Crippen molar-refractivity contribution in [1.82, 2.24) is 24.8 Å². The molecular formula is C25H33N5O4. The molecule has 3 rings (SSSR count). The Bertz CT molecular complexity index is 1040. The van der Waals surface area contributed by atoms with Gasteiger partial charge in [-0.2, -0.15) is 0 Å². The zero-order valence-electron chi connectivity index (χ0n) is 20.4. The number of hydrogen-bond donors (Lipinski definition) is 2. The highest BCUT2D eigenvalue weighted by molar-refractivity contribution is 5.97. The van der Waals surface area contributed by atoms with Crippen LogP contribution in [-0.2, 0) is 6.54 Å². The largest absolute Gasteiger partial charge is 0.472 e. The summed E-state index contributed by atoms with van der Waals surface area (Å²) in [6.45, 7) is 8.53. The van der Waals surface area contributed by atoms with Crippen LogP contribution in [0.25, 0.3) is 0 Å². The smallest absolute Gasteiger partial charge is 0.259 e. The molecule has 1 amide bonds. The Morgan fingerprint density at radius 1 is 1.32 bits per heavy atom. The molecule has 3 atom stereocenters. The summed E-state index contributed by atoms with van der Waals surface area (Å²) in [7, 11) is 1.99. The second-order valence-electron chi connectivity index (χ2n) is 9.45. The summed E-state index contributed by atoms with van der Waals surface area (Å²) < 4.78 is 6.30. The van der Waals surface area contributed by atoms with Gasteiger partial charge in [-0.25, -0.2) is 15.0 Å². The van der Waals surface area contributed by atoms with E-state index in [0.29, 0.717) is 30.8 Å². The Kier molecular flexibility index (Phi) is 8.20. The van der Waals surface area contributed by atoms with Crippen molar-refractivity contribution in [2.45, 2.75) is 52.0 Å². The second kappa shape index (κ2) is 10.9. The lowest BCUT2D eigenvalue weighted by molar-refractivity contribution is 0.0325. The van der Waals surface area contributed by atoms with E-state index in [1.165, 1.54) is 6.33 Å². The molecule has 1 aliphatic heterocycles. The maximum Gasteiger partial charge on any atom is 0.259 e. The summed E-state index contributed by atoms with van der Waals surface area (Å²) in [6, 6.07) is 1.27. The number of amides is 1. The minimum Gasteiger partial charge on any atom is -0.472 e. The minimum absolute atomic E-state index is 0.0166. The molecule has 9 nitrogen and oxygen atoms in total. The monoisotopic (exact) mass is 467 g/mol. The quantitative estimate of drug-likeness (QED) is 0.613. The predicted octanol–water partition coefficient (Wildman–Crippen LogP) is 1.35. The molecule has 9 heteroatoms. The Labute approximate surface area is 200 Å². The number of nitrogens with zero attached hydrogens (tertiary/aromatic N) is 5. The summed E-state index contributed by atoms with van der Waals surface area (Å²) in [4.78, 5) is 29.8. The Balaban J connectivity index is 1.92. The van der Waals surface area contributed by atoms with Gasteiger partial charge in [-0.3, -0.25) is 9.69 Å². The Hall–Kier alpha value is -3.06. The van der Waals surface area contributed by atoms with E-state index in [-0.39, 0.29) is 36.5 Å². The number of aliphatic hydroxyl groups is 2. The first kappa shape index (κ1) is 25.6. The number of fused-ring (bicyclic) bond motifs is 1. The number of aliphatic hydroxyl groups excluding tert-OH is 1. The van der Waals surface area contributed by atoms with Crippen LogP contribution < -0.4 is 4.74 Å². The summed E-state index contributed by atoms with van der Waals surface area (Å²) in [5.41, 5.74) is 0.610. The number of likely N-dealkylation sites (N-methyl/N-ethyl adjacent to an activating group) is 1. The van der Waals surface area contributed by atoms with Crippen LogP contribution in [0.4, 0.5) is 0 Å². The van der Waals surface area contributed by atoms with Crippen LogP contribution >= 0.6 is 0 Å². The number of carbonyl (C=O) groups is 1. The van der Waals surface area contributed by atoms with E-state index in [2.05, 4.69) is 31.7 Å². The number of carbonyl (C=O) groups excluding carboxylic acids is 1. The molecule has 2 N–H and O–H groups in total. The fourth-order valence-corrected chi connectivity index (χ4v) is 3.71. The molecule has 1 aliphatic rings. The van der Waals surface area contributed by atoms with Crippen LogP contribution in [0, 0.1) is 17.8 Å². The van der Waals surface area contributed by atoms with Gasteiger partial charge in [0, 0.05) is 55.3 Å². The van der Waals surface area contributed by atoms with Crippen LogP contribution in [0.5, 0.6) is 5.88 Å². The normalized spacial score (nSPS) is 19.4. The standard InChI is InChI=1S/C25H33N5O4/c1-17-12-30(18(2)15-31)24(32)21-8-19(6-7-25(3,4)33)11-28-23(21)34-22(17)14-29(5)13-20-9-26-16-27-10-20/h8-11,16-18,22,31,33H,12-15H2,1-5H3/t17-,18-,22+/m0/s1. The molecule has 0 saturated carbocycles. The van der Waals surface area contributed by atoms with Gasteiger partial charge in [0.05, 0.1) is 12.6 Å². The first-order valence-corrected chi connectivity index (χ1v) is 11.3. The van der Waals surface area contributed by atoms with Gasteiger partial charge < -0.3 is 19.8 Å². The first-order chi connectivity index (χ1) is 16.1. The SMILES string of the molecule is C[C@H]1CN([C@@H](C)CO)C(=O)c2cc(C#CC(C)(C)O)cnc2O[C@@H]1CN(C)Cc1cncnc1. The summed E-state index contributed by atoms with van der Waals surface area (Å²) in [5, 5.41) is 19.7. The Morgan fingerprint density at radius 2 is 2.03 bits per heavy atom. The number of aromatic nitrogens is 3. The van der Waals surface area contributed by atoms with Crippen LogP contribution in [0.15, 0.2) is 31.0 Å². The van der Waals surface area contributed by atoms with Crippen LogP contribution in [0.1, 0.15) is 49.2 Å². The average molecular weight is 468 g/mol. The van der Waals surface area contributed by atoms with Crippen molar-refractivity contribution in [3.05, 3.63) is 47.7 Å². The van der Waals surface area contributed by atoms with E-state index in [0.717, 1.165) is 5.56 Å². The lowest BCUT2D eigenvalue weighted by atomic mass is 9.99. The van der Waals surface area contributed by atoms with Gasteiger partial charge in [-0.15, -0.1) is 0 Å². The molecule has 0 unspecified atom stereocenters. The number of ether oxygens (including phenoxy) is 1. The Morgan fingerprint density at radius 3 is 2.68 bits per heavy atom. The van der Waals surface area contributed by atoms with Gasteiger partial charge in [-0.05, 0) is 33.9 Å². The predicted molar refractivity (Wildman–Crippen MR) is 127 cm³/mol. The van der Waals surface area contributed by atoms with Crippen molar-refractivity contribution < 1.29 is 19.7 Å². The third-order valence-electron chi connectivity index (χ3n) is 5.59. The first-order valence-electron chi connectivity index (χ1n) is 11.3. The molecule has 2 aromatic heterocycles. The van der Waals surface area contributed by atoms with Crippen LogP contribution in [-0.4, -0.2) is 85.4 Å². The lowest BCUT2D eigenvalue weighted by Gasteiger charge is -2.37. The highest BCUT2D eigenvalue weighted by Gasteiger charge is 2.34. The summed E-state index contributed by atoms with van der Waals surface area (Å²) in [5.74, 6) is 5.57. The lowest BCUT2D eigenvalue weighted by Crippen LogP contribution is -2.49. The minimum atomic E-state index is -1.17. The highest BCUT2D eigenvalue weighted by Crippen LogP contribution is 2.27. The topological polar surface area (TPSA) is 112 Å². The summed E-state index contributed by atoms with van der Waals surface area (Å²) >= 11 is 0. The molecule has 0 bridgehead atoms. The molecule has 0 spiro atoms.